The number of hydrogen-bond donors (Lipinski definition) is 2. The predicted molar refractivity (Wildman–Crippen MR) is 128 cm³/mol. The number of carbonyl (C=O) groups excluding carboxylic acids is 2. The highest BCUT2D eigenvalue weighted by Gasteiger charge is 2.20. The number of nitrogens with one attached hydrogen (secondary N) is 1. The van der Waals surface area contributed by atoms with Crippen LogP contribution in [-0.2, 0) is 30.9 Å². The molecule has 1 aromatic heterocycles. The van der Waals surface area contributed by atoms with Gasteiger partial charge in [0, 0.05) is 16.5 Å². The lowest BCUT2D eigenvalue weighted by atomic mass is 10.1. The number of anilines is 1. The van der Waals surface area contributed by atoms with E-state index in [1.807, 2.05) is 0 Å². The van der Waals surface area contributed by atoms with Gasteiger partial charge in [-0.1, -0.05) is 24.3 Å². The molecule has 0 bridgehead atoms. The molecule has 34 heavy (non-hydrogen) atoms. The van der Waals surface area contributed by atoms with Crippen LogP contribution in [-0.4, -0.2) is 31.0 Å². The number of aromatic nitrogens is 1. The maximum Gasteiger partial charge on any atom is 0.326 e. The highest BCUT2D eigenvalue weighted by Crippen LogP contribution is 2.19. The van der Waals surface area contributed by atoms with Gasteiger partial charge in [-0.05, 0) is 55.5 Å². The zero-order valence-electron chi connectivity index (χ0n) is 18.1. The standard InChI is InChI=1S/C24H21N3O6S/c1-15(24(30)26-16-10-12-17(13-11-16)34(25,31)32)33-22(28)14-27-20-8-4-2-6-18(20)23(29)19-7-3-5-9-21(19)27/h2-13,15H,14H2,1H3,(H,26,30)(H2,25,31,32). The third-order valence-corrected chi connectivity index (χ3v) is 6.22. The molecule has 0 saturated carbocycles. The molecule has 0 radical (unpaired) electrons. The van der Waals surface area contributed by atoms with E-state index in [0.717, 1.165) is 0 Å². The third kappa shape index (κ3) is 4.68. The molecule has 1 unspecified atom stereocenters. The zero-order chi connectivity index (χ0) is 24.5. The van der Waals surface area contributed by atoms with Crippen molar-refractivity contribution in [3.8, 4) is 0 Å². The Labute approximate surface area is 194 Å². The van der Waals surface area contributed by atoms with Gasteiger partial charge in [-0.3, -0.25) is 14.4 Å². The smallest absolute Gasteiger partial charge is 0.326 e. The molecule has 0 aliphatic rings. The number of ether oxygens (including phenoxy) is 1. The van der Waals surface area contributed by atoms with E-state index < -0.39 is 28.0 Å². The first-order valence-corrected chi connectivity index (χ1v) is 11.8. The van der Waals surface area contributed by atoms with Gasteiger partial charge in [0.05, 0.1) is 15.9 Å². The Morgan fingerprint density at radius 3 is 2.00 bits per heavy atom. The molecule has 1 amide bonds. The number of sulfonamides is 1. The topological polar surface area (TPSA) is 138 Å². The van der Waals surface area contributed by atoms with Crippen molar-refractivity contribution < 1.29 is 22.7 Å². The SMILES string of the molecule is CC(OC(=O)Cn1c2ccccc2c(=O)c2ccccc21)C(=O)Nc1ccc(S(N)(=O)=O)cc1. The van der Waals surface area contributed by atoms with Gasteiger partial charge in [-0.2, -0.15) is 0 Å². The van der Waals surface area contributed by atoms with Crippen LogP contribution in [0.4, 0.5) is 5.69 Å². The molecule has 174 valence electrons. The number of esters is 1. The number of rotatable bonds is 6. The van der Waals surface area contributed by atoms with Crippen LogP contribution in [0.3, 0.4) is 0 Å². The quantitative estimate of drug-likeness (QED) is 0.322. The van der Waals surface area contributed by atoms with Crippen LogP contribution in [0.15, 0.2) is 82.5 Å². The molecule has 0 aliphatic heterocycles. The second-order valence-electron chi connectivity index (χ2n) is 7.64. The van der Waals surface area contributed by atoms with Crippen LogP contribution in [0.25, 0.3) is 21.8 Å². The Morgan fingerprint density at radius 1 is 0.941 bits per heavy atom. The number of nitrogens with two attached hydrogens (primary N) is 1. The highest BCUT2D eigenvalue weighted by molar-refractivity contribution is 7.89. The monoisotopic (exact) mass is 479 g/mol. The number of nitrogens with zero attached hydrogens (tertiary/aromatic N) is 1. The molecule has 0 fully saturated rings. The molecule has 0 spiro atoms. The van der Waals surface area contributed by atoms with Gasteiger partial charge in [0.15, 0.2) is 11.5 Å². The predicted octanol–water partition coefficient (Wildman–Crippen LogP) is 2.37. The summed E-state index contributed by atoms with van der Waals surface area (Å²) in [7, 11) is -3.85. The van der Waals surface area contributed by atoms with E-state index in [9.17, 15) is 22.8 Å². The number of carbonyl (C=O) groups is 2. The van der Waals surface area contributed by atoms with Crippen LogP contribution in [0.1, 0.15) is 6.92 Å². The first-order valence-electron chi connectivity index (χ1n) is 10.3. The van der Waals surface area contributed by atoms with Crippen LogP contribution in [0.2, 0.25) is 0 Å². The molecular formula is C24H21N3O6S. The average Bonchev–Trinajstić information content (AvgIpc) is 2.81. The first-order chi connectivity index (χ1) is 16.1. The molecule has 0 aliphatic carbocycles. The lowest BCUT2D eigenvalue weighted by Crippen LogP contribution is -2.31. The van der Waals surface area contributed by atoms with Gasteiger partial charge in [-0.15, -0.1) is 0 Å². The van der Waals surface area contributed by atoms with Crippen molar-refractivity contribution in [1.82, 2.24) is 4.57 Å². The van der Waals surface area contributed by atoms with Crippen LogP contribution in [0.5, 0.6) is 0 Å². The molecule has 10 heteroatoms. The lowest BCUT2D eigenvalue weighted by Gasteiger charge is -2.17. The van der Waals surface area contributed by atoms with Crippen molar-refractivity contribution in [2.45, 2.75) is 24.5 Å². The van der Waals surface area contributed by atoms with E-state index in [0.29, 0.717) is 27.5 Å². The van der Waals surface area contributed by atoms with Gasteiger partial charge in [-0.25, -0.2) is 13.6 Å². The van der Waals surface area contributed by atoms with Gasteiger partial charge in [0.1, 0.15) is 6.54 Å². The van der Waals surface area contributed by atoms with Crippen molar-refractivity contribution in [1.29, 1.82) is 0 Å². The van der Waals surface area contributed by atoms with Gasteiger partial charge in [0.2, 0.25) is 10.0 Å². The fourth-order valence-corrected chi connectivity index (χ4v) is 4.15. The molecular weight excluding hydrogens is 458 g/mol. The van der Waals surface area contributed by atoms with E-state index in [1.54, 1.807) is 53.1 Å². The Hall–Kier alpha value is -4.02. The summed E-state index contributed by atoms with van der Waals surface area (Å²) in [6.07, 6.45) is -1.12. The summed E-state index contributed by atoms with van der Waals surface area (Å²) in [6, 6.07) is 19.2. The molecule has 1 heterocycles. The minimum Gasteiger partial charge on any atom is -0.451 e. The van der Waals surface area contributed by atoms with Crippen LogP contribution < -0.4 is 15.9 Å². The van der Waals surface area contributed by atoms with E-state index in [4.69, 9.17) is 9.88 Å². The number of fused-ring (bicyclic) bond motifs is 2. The average molecular weight is 480 g/mol. The maximum absolute atomic E-state index is 12.8. The van der Waals surface area contributed by atoms with E-state index in [2.05, 4.69) is 5.32 Å². The van der Waals surface area contributed by atoms with Crippen molar-refractivity contribution >= 4 is 49.4 Å². The summed E-state index contributed by atoms with van der Waals surface area (Å²) < 4.78 is 29.7. The number of hydrogen-bond acceptors (Lipinski definition) is 6. The summed E-state index contributed by atoms with van der Waals surface area (Å²) >= 11 is 0. The van der Waals surface area contributed by atoms with Gasteiger partial charge < -0.3 is 14.6 Å². The van der Waals surface area contributed by atoms with Crippen LogP contribution >= 0.6 is 0 Å². The van der Waals surface area contributed by atoms with Crippen LogP contribution in [0, 0.1) is 0 Å². The molecule has 3 aromatic carbocycles. The molecule has 0 saturated heterocycles. The van der Waals surface area contributed by atoms with E-state index in [1.165, 1.54) is 31.2 Å². The molecule has 9 nitrogen and oxygen atoms in total. The Bertz CT molecular complexity index is 1520. The Balaban J connectivity index is 1.52. The number of benzene rings is 3. The fraction of sp³-hybridized carbons (Fsp3) is 0.125. The number of para-hydroxylation sites is 2. The first kappa shape index (κ1) is 23.1. The largest absolute Gasteiger partial charge is 0.451 e. The highest BCUT2D eigenvalue weighted by atomic mass is 32.2. The summed E-state index contributed by atoms with van der Waals surface area (Å²) in [5.74, 6) is -1.25. The Kier molecular flexibility index (Phi) is 6.18. The second-order valence-corrected chi connectivity index (χ2v) is 9.20. The van der Waals surface area contributed by atoms with Crippen molar-refractivity contribution in [3.63, 3.8) is 0 Å². The molecule has 4 rings (SSSR count). The number of primary sulfonamides is 1. The van der Waals surface area contributed by atoms with Crippen molar-refractivity contribution in [3.05, 3.63) is 83.0 Å². The fourth-order valence-electron chi connectivity index (χ4n) is 3.64. The zero-order valence-corrected chi connectivity index (χ0v) is 18.9. The normalized spacial score (nSPS) is 12.4. The summed E-state index contributed by atoms with van der Waals surface area (Å²) in [4.78, 5) is 37.9. The molecule has 3 N–H and O–H groups in total. The molecule has 4 aromatic rings. The van der Waals surface area contributed by atoms with Crippen molar-refractivity contribution in [2.75, 3.05) is 5.32 Å². The van der Waals surface area contributed by atoms with E-state index >= 15 is 0 Å². The summed E-state index contributed by atoms with van der Waals surface area (Å²) in [5, 5.41) is 8.57. The van der Waals surface area contributed by atoms with E-state index in [-0.39, 0.29) is 16.9 Å². The minimum absolute atomic E-state index is 0.0921. The van der Waals surface area contributed by atoms with Crippen molar-refractivity contribution in [2.24, 2.45) is 5.14 Å². The summed E-state index contributed by atoms with van der Waals surface area (Å²) in [5.41, 5.74) is 1.35. The molecule has 1 atom stereocenters. The number of amides is 1. The van der Waals surface area contributed by atoms with Gasteiger partial charge >= 0.3 is 5.97 Å². The second kappa shape index (κ2) is 9.08. The number of pyridine rings is 1. The maximum atomic E-state index is 12.8. The minimum atomic E-state index is -3.85. The van der Waals surface area contributed by atoms with Gasteiger partial charge in [0.25, 0.3) is 5.91 Å². The third-order valence-electron chi connectivity index (χ3n) is 5.29. The summed E-state index contributed by atoms with van der Waals surface area (Å²) in [6.45, 7) is 1.22. The lowest BCUT2D eigenvalue weighted by molar-refractivity contribution is -0.153. The Morgan fingerprint density at radius 2 is 1.47 bits per heavy atom.